The maximum Gasteiger partial charge on any atom is 0.259 e. The fraction of sp³-hybridized carbons (Fsp3) is 0. The highest BCUT2D eigenvalue weighted by molar-refractivity contribution is 6.07. The number of aromatic nitrogens is 1. The highest BCUT2D eigenvalue weighted by Crippen LogP contribution is 2.17. The van der Waals surface area contributed by atoms with Crippen LogP contribution in [0.1, 0.15) is 10.4 Å². The van der Waals surface area contributed by atoms with E-state index in [1.807, 2.05) is 0 Å². The first kappa shape index (κ1) is 12.9. The summed E-state index contributed by atoms with van der Waals surface area (Å²) in [6, 6.07) is 5.64. The molecule has 0 radical (unpaired) electrons. The van der Waals surface area contributed by atoms with E-state index >= 15 is 0 Å². The fourth-order valence-electron chi connectivity index (χ4n) is 1.44. The van der Waals surface area contributed by atoms with Crippen LogP contribution in [0.4, 0.5) is 20.3 Å². The van der Waals surface area contributed by atoms with Gasteiger partial charge in [0.15, 0.2) is 0 Å². The van der Waals surface area contributed by atoms with E-state index < -0.39 is 17.5 Å². The molecule has 5 nitrogen and oxygen atoms in total. The van der Waals surface area contributed by atoms with Gasteiger partial charge in [-0.3, -0.25) is 15.5 Å². The molecular formula is C12H9F2N3O2. The smallest absolute Gasteiger partial charge is 0.259 e. The molecular weight excluding hydrogens is 256 g/mol. The Balaban J connectivity index is 2.24. The van der Waals surface area contributed by atoms with Crippen LogP contribution in [-0.4, -0.2) is 16.1 Å². The number of hydrogen-bond donors (Lipinski definition) is 3. The Kier molecular flexibility index (Phi) is 3.67. The van der Waals surface area contributed by atoms with Crippen LogP contribution in [0.2, 0.25) is 0 Å². The van der Waals surface area contributed by atoms with Crippen LogP contribution in [0.15, 0.2) is 36.5 Å². The maximum atomic E-state index is 13.1. The van der Waals surface area contributed by atoms with Crippen molar-refractivity contribution in [2.24, 2.45) is 0 Å². The molecule has 0 fully saturated rings. The van der Waals surface area contributed by atoms with Gasteiger partial charge in [0.05, 0.1) is 17.4 Å². The summed E-state index contributed by atoms with van der Waals surface area (Å²) in [6.07, 6.45) is 0.937. The molecule has 1 aromatic carbocycles. The molecule has 2 rings (SSSR count). The molecule has 0 bridgehead atoms. The van der Waals surface area contributed by atoms with Gasteiger partial charge in [-0.2, -0.15) is 0 Å². The van der Waals surface area contributed by atoms with E-state index in [1.54, 1.807) is 5.48 Å². The Bertz CT molecular complexity index is 602. The van der Waals surface area contributed by atoms with Gasteiger partial charge in [-0.15, -0.1) is 0 Å². The van der Waals surface area contributed by atoms with Crippen molar-refractivity contribution in [2.45, 2.75) is 0 Å². The average Bonchev–Trinajstić information content (AvgIpc) is 2.41. The van der Waals surface area contributed by atoms with Gasteiger partial charge in [-0.1, -0.05) is 0 Å². The summed E-state index contributed by atoms with van der Waals surface area (Å²) >= 11 is 0. The predicted molar refractivity (Wildman–Crippen MR) is 64.0 cm³/mol. The van der Waals surface area contributed by atoms with Gasteiger partial charge in [0, 0.05) is 0 Å². The highest BCUT2D eigenvalue weighted by Gasteiger charge is 2.13. The zero-order valence-corrected chi connectivity index (χ0v) is 9.52. The summed E-state index contributed by atoms with van der Waals surface area (Å²) in [7, 11) is 0. The van der Waals surface area contributed by atoms with E-state index in [2.05, 4.69) is 10.3 Å². The number of nitrogens with one attached hydrogen (secondary N) is 2. The molecule has 0 atom stereocenters. The third-order valence-corrected chi connectivity index (χ3v) is 2.32. The van der Waals surface area contributed by atoms with Crippen LogP contribution in [0, 0.1) is 11.6 Å². The molecule has 0 aliphatic heterocycles. The van der Waals surface area contributed by atoms with E-state index in [1.165, 1.54) is 12.1 Å². The number of anilines is 2. The SMILES string of the molecule is O=C(Nc1ccc(F)cn1)c1cc(F)ccc1NO. The second-order valence-corrected chi connectivity index (χ2v) is 3.62. The molecule has 1 heterocycles. The van der Waals surface area contributed by atoms with Crippen molar-refractivity contribution in [1.82, 2.24) is 4.98 Å². The Morgan fingerprint density at radius 3 is 2.53 bits per heavy atom. The third-order valence-electron chi connectivity index (χ3n) is 2.32. The van der Waals surface area contributed by atoms with E-state index in [0.29, 0.717) is 0 Å². The van der Waals surface area contributed by atoms with E-state index in [4.69, 9.17) is 5.21 Å². The predicted octanol–water partition coefficient (Wildman–Crippen LogP) is 2.41. The minimum Gasteiger partial charge on any atom is -0.306 e. The molecule has 0 unspecified atom stereocenters. The number of pyridine rings is 1. The van der Waals surface area contributed by atoms with Crippen LogP contribution in [0.3, 0.4) is 0 Å². The van der Waals surface area contributed by atoms with Crippen LogP contribution in [0.5, 0.6) is 0 Å². The lowest BCUT2D eigenvalue weighted by Gasteiger charge is -2.08. The second kappa shape index (κ2) is 5.40. The van der Waals surface area contributed by atoms with E-state index in [-0.39, 0.29) is 17.1 Å². The van der Waals surface area contributed by atoms with Gasteiger partial charge in [-0.25, -0.2) is 13.8 Å². The zero-order valence-electron chi connectivity index (χ0n) is 9.52. The molecule has 7 heteroatoms. The third kappa shape index (κ3) is 3.02. The number of rotatable bonds is 3. The summed E-state index contributed by atoms with van der Waals surface area (Å²) in [5.41, 5.74) is 1.73. The topological polar surface area (TPSA) is 74.2 Å². The molecule has 3 N–H and O–H groups in total. The van der Waals surface area contributed by atoms with Gasteiger partial charge in [0.2, 0.25) is 0 Å². The van der Waals surface area contributed by atoms with Gasteiger partial charge in [0.25, 0.3) is 5.91 Å². The molecule has 1 aromatic heterocycles. The van der Waals surface area contributed by atoms with Crippen molar-refractivity contribution in [1.29, 1.82) is 0 Å². The van der Waals surface area contributed by atoms with Crippen LogP contribution >= 0.6 is 0 Å². The van der Waals surface area contributed by atoms with E-state index in [9.17, 15) is 13.6 Å². The van der Waals surface area contributed by atoms with Crippen LogP contribution < -0.4 is 10.8 Å². The zero-order chi connectivity index (χ0) is 13.8. The summed E-state index contributed by atoms with van der Waals surface area (Å²) in [5.74, 6) is -1.74. The highest BCUT2D eigenvalue weighted by atomic mass is 19.1. The molecule has 0 aliphatic carbocycles. The second-order valence-electron chi connectivity index (χ2n) is 3.62. The van der Waals surface area contributed by atoms with Crippen molar-refractivity contribution in [3.05, 3.63) is 53.7 Å². The monoisotopic (exact) mass is 265 g/mol. The Morgan fingerprint density at radius 1 is 1.16 bits per heavy atom. The quantitative estimate of drug-likeness (QED) is 0.745. The van der Waals surface area contributed by atoms with E-state index in [0.717, 1.165) is 24.4 Å². The minimum atomic E-state index is -0.685. The van der Waals surface area contributed by atoms with Crippen molar-refractivity contribution in [2.75, 3.05) is 10.8 Å². The standard InChI is InChI=1S/C12H9F2N3O2/c13-7-1-3-10(17-19)9(5-7)12(18)16-11-4-2-8(14)6-15-11/h1-6,17,19H,(H,15,16,18). The molecule has 1 amide bonds. The first-order valence-electron chi connectivity index (χ1n) is 5.22. The summed E-state index contributed by atoms with van der Waals surface area (Å²) in [5, 5.41) is 11.2. The summed E-state index contributed by atoms with van der Waals surface area (Å²) in [4.78, 5) is 15.5. The number of benzene rings is 1. The largest absolute Gasteiger partial charge is 0.306 e. The van der Waals surface area contributed by atoms with Crippen molar-refractivity contribution >= 4 is 17.4 Å². The molecule has 0 aliphatic rings. The number of hydrogen-bond acceptors (Lipinski definition) is 4. The molecule has 0 spiro atoms. The normalized spacial score (nSPS) is 10.1. The molecule has 0 saturated heterocycles. The molecule has 2 aromatic rings. The number of amides is 1. The first-order chi connectivity index (χ1) is 9.10. The first-order valence-corrected chi connectivity index (χ1v) is 5.22. The maximum absolute atomic E-state index is 13.1. The Hall–Kier alpha value is -2.54. The van der Waals surface area contributed by atoms with Gasteiger partial charge in [-0.05, 0) is 30.3 Å². The van der Waals surface area contributed by atoms with Gasteiger partial charge >= 0.3 is 0 Å². The molecule has 0 saturated carbocycles. The summed E-state index contributed by atoms with van der Waals surface area (Å²) in [6.45, 7) is 0. The van der Waals surface area contributed by atoms with Crippen LogP contribution in [0.25, 0.3) is 0 Å². The van der Waals surface area contributed by atoms with Crippen LogP contribution in [-0.2, 0) is 0 Å². The average molecular weight is 265 g/mol. The minimum absolute atomic E-state index is 0.0426. The van der Waals surface area contributed by atoms with Crippen molar-refractivity contribution < 1.29 is 18.8 Å². The Morgan fingerprint density at radius 2 is 1.89 bits per heavy atom. The fourth-order valence-corrected chi connectivity index (χ4v) is 1.44. The van der Waals surface area contributed by atoms with Crippen molar-refractivity contribution in [3.63, 3.8) is 0 Å². The number of halogens is 2. The van der Waals surface area contributed by atoms with Gasteiger partial charge in [0.1, 0.15) is 17.5 Å². The van der Waals surface area contributed by atoms with Crippen molar-refractivity contribution in [3.8, 4) is 0 Å². The number of carbonyl (C=O) groups excluding carboxylic acids is 1. The molecule has 98 valence electrons. The van der Waals surface area contributed by atoms with Gasteiger partial charge < -0.3 is 5.32 Å². The number of nitrogens with zero attached hydrogens (tertiary/aromatic N) is 1. The lowest BCUT2D eigenvalue weighted by atomic mass is 10.1. The lowest BCUT2D eigenvalue weighted by molar-refractivity contribution is 0.102. The lowest BCUT2D eigenvalue weighted by Crippen LogP contribution is -2.15. The molecule has 19 heavy (non-hydrogen) atoms. The Labute approximate surface area is 106 Å². The number of carbonyl (C=O) groups is 1. The summed E-state index contributed by atoms with van der Waals surface area (Å²) < 4.78 is 25.7.